The van der Waals surface area contributed by atoms with Gasteiger partial charge in [0.1, 0.15) is 0 Å². The second-order valence-corrected chi connectivity index (χ2v) is 7.52. The highest BCUT2D eigenvalue weighted by Gasteiger charge is 2.33. The van der Waals surface area contributed by atoms with Crippen LogP contribution in [0.2, 0.25) is 0 Å². The van der Waals surface area contributed by atoms with Crippen LogP contribution >= 0.6 is 0 Å². The summed E-state index contributed by atoms with van der Waals surface area (Å²) in [7, 11) is 0. The number of piperidine rings is 1. The molecule has 1 aromatic carbocycles. The number of aryl methyl sites for hydroxylation is 1. The lowest BCUT2D eigenvalue weighted by atomic mass is 9.94. The van der Waals surface area contributed by atoms with Gasteiger partial charge < -0.3 is 19.6 Å². The SMILES string of the molecule is O=C(O)C[C@@H]1CN(C(=O)C2CCN(C(=O)CCc3ccccc3)CC2)CCO1. The summed E-state index contributed by atoms with van der Waals surface area (Å²) < 4.78 is 5.44. The van der Waals surface area contributed by atoms with Gasteiger partial charge in [0.15, 0.2) is 0 Å². The molecule has 2 amide bonds. The number of hydrogen-bond acceptors (Lipinski definition) is 4. The molecule has 2 aliphatic heterocycles. The molecule has 0 bridgehead atoms. The fraction of sp³-hybridized carbons (Fsp3) is 0.571. The van der Waals surface area contributed by atoms with E-state index in [1.165, 1.54) is 0 Å². The monoisotopic (exact) mass is 388 g/mol. The summed E-state index contributed by atoms with van der Waals surface area (Å²) in [5.41, 5.74) is 1.16. The van der Waals surface area contributed by atoms with Crippen molar-refractivity contribution in [2.75, 3.05) is 32.8 Å². The molecule has 3 rings (SSSR count). The predicted molar refractivity (Wildman–Crippen MR) is 103 cm³/mol. The van der Waals surface area contributed by atoms with Gasteiger partial charge >= 0.3 is 5.97 Å². The number of amides is 2. The average molecular weight is 388 g/mol. The van der Waals surface area contributed by atoms with Crippen molar-refractivity contribution in [2.24, 2.45) is 5.92 Å². The van der Waals surface area contributed by atoms with Crippen molar-refractivity contribution in [3.8, 4) is 0 Å². The molecule has 2 fully saturated rings. The second-order valence-electron chi connectivity index (χ2n) is 7.52. The van der Waals surface area contributed by atoms with Gasteiger partial charge in [0.05, 0.1) is 19.1 Å². The third kappa shape index (κ3) is 5.55. The lowest BCUT2D eigenvalue weighted by Gasteiger charge is -2.37. The van der Waals surface area contributed by atoms with Crippen molar-refractivity contribution in [3.05, 3.63) is 35.9 Å². The summed E-state index contributed by atoms with van der Waals surface area (Å²) in [5, 5.41) is 8.92. The molecule has 2 heterocycles. The number of ether oxygens (including phenoxy) is 1. The van der Waals surface area contributed by atoms with Crippen LogP contribution in [0.25, 0.3) is 0 Å². The Morgan fingerprint density at radius 3 is 2.43 bits per heavy atom. The zero-order chi connectivity index (χ0) is 19.9. The van der Waals surface area contributed by atoms with Crippen molar-refractivity contribution in [1.29, 1.82) is 0 Å². The highest BCUT2D eigenvalue weighted by Crippen LogP contribution is 2.22. The van der Waals surface area contributed by atoms with E-state index in [1.807, 2.05) is 35.2 Å². The Hall–Kier alpha value is -2.41. The van der Waals surface area contributed by atoms with Crippen molar-refractivity contribution in [2.45, 2.75) is 38.2 Å². The Kier molecular flexibility index (Phi) is 7.03. The molecule has 0 aliphatic carbocycles. The van der Waals surface area contributed by atoms with Crippen LogP contribution in [-0.2, 0) is 25.5 Å². The molecule has 2 saturated heterocycles. The van der Waals surface area contributed by atoms with Gasteiger partial charge in [0, 0.05) is 38.5 Å². The summed E-state index contributed by atoms with van der Waals surface area (Å²) >= 11 is 0. The van der Waals surface area contributed by atoms with Crippen LogP contribution in [-0.4, -0.2) is 71.6 Å². The topological polar surface area (TPSA) is 87.2 Å². The minimum Gasteiger partial charge on any atom is -0.481 e. The van der Waals surface area contributed by atoms with Gasteiger partial charge in [-0.25, -0.2) is 0 Å². The standard InChI is InChI=1S/C21H28N2O5/c24-19(7-6-16-4-2-1-3-5-16)22-10-8-17(9-11-22)21(27)23-12-13-28-18(15-23)14-20(25)26/h1-5,17-18H,6-15H2,(H,25,26)/t18-/m1/s1. The minimum atomic E-state index is -0.915. The Morgan fingerprint density at radius 2 is 1.75 bits per heavy atom. The third-order valence-corrected chi connectivity index (χ3v) is 5.52. The van der Waals surface area contributed by atoms with Gasteiger partial charge in [0.25, 0.3) is 0 Å². The van der Waals surface area contributed by atoms with Gasteiger partial charge in [0.2, 0.25) is 11.8 Å². The van der Waals surface area contributed by atoms with Gasteiger partial charge in [-0.2, -0.15) is 0 Å². The maximum atomic E-state index is 12.8. The van der Waals surface area contributed by atoms with Crippen molar-refractivity contribution in [3.63, 3.8) is 0 Å². The molecule has 7 heteroatoms. The molecule has 0 spiro atoms. The normalized spacial score (nSPS) is 20.8. The van der Waals surface area contributed by atoms with Crippen LogP contribution in [0.3, 0.4) is 0 Å². The molecule has 28 heavy (non-hydrogen) atoms. The third-order valence-electron chi connectivity index (χ3n) is 5.52. The van der Waals surface area contributed by atoms with E-state index in [2.05, 4.69) is 0 Å². The molecular formula is C21H28N2O5. The van der Waals surface area contributed by atoms with E-state index >= 15 is 0 Å². The maximum Gasteiger partial charge on any atom is 0.306 e. The molecule has 0 saturated carbocycles. The van der Waals surface area contributed by atoms with Crippen LogP contribution < -0.4 is 0 Å². The zero-order valence-electron chi connectivity index (χ0n) is 16.1. The van der Waals surface area contributed by atoms with Crippen molar-refractivity contribution in [1.82, 2.24) is 9.80 Å². The lowest BCUT2D eigenvalue weighted by molar-refractivity contribution is -0.151. The quantitative estimate of drug-likeness (QED) is 0.799. The fourth-order valence-corrected chi connectivity index (χ4v) is 3.93. The molecule has 1 N–H and O–H groups in total. The molecule has 1 aromatic rings. The Bertz CT molecular complexity index is 685. The van der Waals surface area contributed by atoms with E-state index < -0.39 is 12.1 Å². The number of aliphatic carboxylic acids is 1. The number of nitrogens with zero attached hydrogens (tertiary/aromatic N) is 2. The second kappa shape index (κ2) is 9.68. The van der Waals surface area contributed by atoms with Crippen LogP contribution in [0.15, 0.2) is 30.3 Å². The number of morpholine rings is 1. The van der Waals surface area contributed by atoms with Gasteiger partial charge in [-0.1, -0.05) is 30.3 Å². The first-order valence-corrected chi connectivity index (χ1v) is 9.97. The van der Waals surface area contributed by atoms with Crippen molar-refractivity contribution < 1.29 is 24.2 Å². The van der Waals surface area contributed by atoms with E-state index in [4.69, 9.17) is 9.84 Å². The number of carboxylic acids is 1. The van der Waals surface area contributed by atoms with Gasteiger partial charge in [-0.05, 0) is 24.8 Å². The molecular weight excluding hydrogens is 360 g/mol. The van der Waals surface area contributed by atoms with Crippen LogP contribution in [0.1, 0.15) is 31.2 Å². The Morgan fingerprint density at radius 1 is 1.04 bits per heavy atom. The molecule has 1 atom stereocenters. The molecule has 0 radical (unpaired) electrons. The van der Waals surface area contributed by atoms with Gasteiger partial charge in [-0.3, -0.25) is 14.4 Å². The number of carbonyl (C=O) groups excluding carboxylic acids is 2. The summed E-state index contributed by atoms with van der Waals surface area (Å²) in [6.07, 6.45) is 2.03. The first-order valence-electron chi connectivity index (χ1n) is 9.97. The average Bonchev–Trinajstić information content (AvgIpc) is 2.72. The first-order chi connectivity index (χ1) is 13.5. The van der Waals surface area contributed by atoms with Crippen LogP contribution in [0.4, 0.5) is 0 Å². The molecule has 0 unspecified atom stereocenters. The zero-order valence-corrected chi connectivity index (χ0v) is 16.1. The number of benzene rings is 1. The first kappa shape index (κ1) is 20.3. The molecule has 152 valence electrons. The van der Waals surface area contributed by atoms with E-state index in [-0.39, 0.29) is 24.2 Å². The summed E-state index contributed by atoms with van der Waals surface area (Å²) in [5.74, 6) is -0.805. The molecule has 0 aromatic heterocycles. The minimum absolute atomic E-state index is 0.0649. The summed E-state index contributed by atoms with van der Waals surface area (Å²) in [6, 6.07) is 9.97. The smallest absolute Gasteiger partial charge is 0.306 e. The molecule has 2 aliphatic rings. The summed E-state index contributed by atoms with van der Waals surface area (Å²) in [4.78, 5) is 39.7. The number of hydrogen-bond donors (Lipinski definition) is 1. The highest BCUT2D eigenvalue weighted by molar-refractivity contribution is 5.80. The van der Waals surface area contributed by atoms with Crippen molar-refractivity contribution >= 4 is 17.8 Å². The number of rotatable bonds is 6. The van der Waals surface area contributed by atoms with Crippen LogP contribution in [0, 0.1) is 5.92 Å². The number of carboxylic acid groups (broad SMARTS) is 1. The highest BCUT2D eigenvalue weighted by atomic mass is 16.5. The Balaban J connectivity index is 1.43. The van der Waals surface area contributed by atoms with E-state index in [0.29, 0.717) is 52.0 Å². The summed E-state index contributed by atoms with van der Waals surface area (Å²) in [6.45, 7) is 2.42. The number of carbonyl (C=O) groups is 3. The van der Waals surface area contributed by atoms with Gasteiger partial charge in [-0.15, -0.1) is 0 Å². The van der Waals surface area contributed by atoms with E-state index in [0.717, 1.165) is 12.0 Å². The fourth-order valence-electron chi connectivity index (χ4n) is 3.93. The van der Waals surface area contributed by atoms with Crippen LogP contribution in [0.5, 0.6) is 0 Å². The largest absolute Gasteiger partial charge is 0.481 e. The molecule has 7 nitrogen and oxygen atoms in total. The predicted octanol–water partition coefficient (Wildman–Crippen LogP) is 1.56. The maximum absolute atomic E-state index is 12.8. The van der Waals surface area contributed by atoms with E-state index in [9.17, 15) is 14.4 Å². The number of likely N-dealkylation sites (tertiary alicyclic amines) is 1. The lowest BCUT2D eigenvalue weighted by Crippen LogP contribution is -2.50. The van der Waals surface area contributed by atoms with E-state index in [1.54, 1.807) is 4.90 Å². The Labute approximate surface area is 165 Å².